The standard InChI is InChI=1S/C46H56N8O6/c1-4-5-27-60-46(59)52-23-21-51(22-24-52)35-29-33-10-7-12-37-41(33)39(31-35)45(58)54(43(37)56)26-20-49(3)16-8-15-48(2)19-25-53-42(55)36-11-6-9-32-28-34(50-17-13-47-14-18-50)30-38(40(32)36)44(53)57/h6-7,9-12,28-31,47H,4-5,8,13-27H2,1-3H3. The number of hydrogen-bond donors (Lipinski definition) is 1. The van der Waals surface area contributed by atoms with Crippen molar-refractivity contribution in [2.24, 2.45) is 0 Å². The fraction of sp³-hybridized carbons (Fsp3) is 0.457. The van der Waals surface area contributed by atoms with E-state index in [0.717, 1.165) is 86.1 Å². The van der Waals surface area contributed by atoms with E-state index in [1.54, 1.807) is 11.0 Å². The summed E-state index contributed by atoms with van der Waals surface area (Å²) in [5.74, 6) is -1.07. The Morgan fingerprint density at radius 1 is 0.617 bits per heavy atom. The number of ether oxygens (including phenoxy) is 1. The van der Waals surface area contributed by atoms with Crippen molar-refractivity contribution in [1.82, 2.24) is 29.8 Å². The minimum absolute atomic E-state index is 0.245. The van der Waals surface area contributed by atoms with E-state index in [2.05, 4.69) is 37.9 Å². The van der Waals surface area contributed by atoms with E-state index in [1.165, 1.54) is 9.80 Å². The molecule has 2 saturated heterocycles. The number of rotatable bonds is 15. The van der Waals surface area contributed by atoms with Gasteiger partial charge < -0.3 is 34.6 Å². The van der Waals surface area contributed by atoms with Gasteiger partial charge in [0, 0.05) is 112 Å². The molecule has 0 aliphatic carbocycles. The van der Waals surface area contributed by atoms with Crippen molar-refractivity contribution < 1.29 is 28.7 Å². The molecule has 1 N–H and O–H groups in total. The third-order valence-corrected chi connectivity index (χ3v) is 12.4. The second kappa shape index (κ2) is 18.0. The molecule has 8 rings (SSSR count). The Morgan fingerprint density at radius 2 is 1.10 bits per heavy atom. The molecule has 60 heavy (non-hydrogen) atoms. The number of imide groups is 2. The van der Waals surface area contributed by atoms with Gasteiger partial charge in [0.05, 0.1) is 17.7 Å². The molecule has 0 atom stereocenters. The number of carbonyl (C=O) groups excluding carboxylic acids is 5. The van der Waals surface area contributed by atoms with Crippen molar-refractivity contribution in [2.45, 2.75) is 26.2 Å². The number of hydrogen-bond acceptors (Lipinski definition) is 11. The van der Waals surface area contributed by atoms with Gasteiger partial charge in [-0.15, -0.1) is 0 Å². The molecular formula is C46H56N8O6. The van der Waals surface area contributed by atoms with Gasteiger partial charge in [-0.25, -0.2) is 4.79 Å². The Labute approximate surface area is 351 Å². The summed E-state index contributed by atoms with van der Waals surface area (Å²) in [7, 11) is 3.98. The SMILES string of the molecule is CCCCOC(=O)N1CCN(c2cc3c4c(cccc4c2)C(=O)N(CCN(C)CCCN(C)CCN2C(=O)c4cccc5cc(N6CCNCC6)cc(c45)C2=O)C3=O)CC1. The second-order valence-electron chi connectivity index (χ2n) is 16.5. The van der Waals surface area contributed by atoms with Crippen LogP contribution in [0.5, 0.6) is 0 Å². The number of nitrogens with zero attached hydrogens (tertiary/aromatic N) is 7. The van der Waals surface area contributed by atoms with Gasteiger partial charge in [-0.1, -0.05) is 37.6 Å². The molecule has 0 radical (unpaired) electrons. The van der Waals surface area contributed by atoms with E-state index in [0.29, 0.717) is 73.5 Å². The quantitative estimate of drug-likeness (QED) is 0.134. The molecule has 4 aromatic carbocycles. The van der Waals surface area contributed by atoms with Gasteiger partial charge >= 0.3 is 6.09 Å². The topological polar surface area (TPSA) is 129 Å². The summed E-state index contributed by atoms with van der Waals surface area (Å²) in [4.78, 5) is 81.0. The number of amides is 5. The van der Waals surface area contributed by atoms with Crippen LogP contribution in [0, 0.1) is 0 Å². The van der Waals surface area contributed by atoms with Gasteiger partial charge in [-0.3, -0.25) is 29.0 Å². The largest absolute Gasteiger partial charge is 0.449 e. The third kappa shape index (κ3) is 8.28. The Bertz CT molecular complexity index is 2300. The molecule has 4 heterocycles. The predicted octanol–water partition coefficient (Wildman–Crippen LogP) is 4.61. The molecule has 0 spiro atoms. The normalized spacial score (nSPS) is 17.0. The molecule has 0 aromatic heterocycles. The van der Waals surface area contributed by atoms with Gasteiger partial charge in [0.25, 0.3) is 23.6 Å². The van der Waals surface area contributed by atoms with Crippen LogP contribution >= 0.6 is 0 Å². The van der Waals surface area contributed by atoms with Gasteiger partial charge in [-0.05, 0) is 87.2 Å². The lowest BCUT2D eigenvalue weighted by molar-refractivity contribution is 0.0585. The summed E-state index contributed by atoms with van der Waals surface area (Å²) in [5, 5.41) is 6.57. The van der Waals surface area contributed by atoms with E-state index in [9.17, 15) is 24.0 Å². The number of nitrogens with one attached hydrogen (secondary N) is 1. The molecule has 14 heteroatoms. The van der Waals surface area contributed by atoms with Crippen molar-refractivity contribution in [3.05, 3.63) is 82.9 Å². The highest BCUT2D eigenvalue weighted by Gasteiger charge is 2.35. The summed E-state index contributed by atoms with van der Waals surface area (Å²) in [6, 6.07) is 19.3. The molecule has 4 aliphatic heterocycles. The summed E-state index contributed by atoms with van der Waals surface area (Å²) >= 11 is 0. The number of likely N-dealkylation sites (N-methyl/N-ethyl adjacent to an activating group) is 2. The average Bonchev–Trinajstić information content (AvgIpc) is 3.27. The smallest absolute Gasteiger partial charge is 0.409 e. The molecule has 0 bridgehead atoms. The van der Waals surface area contributed by atoms with Crippen LogP contribution in [0.3, 0.4) is 0 Å². The van der Waals surface area contributed by atoms with Crippen LogP contribution in [0.25, 0.3) is 21.5 Å². The van der Waals surface area contributed by atoms with Crippen LogP contribution in [-0.2, 0) is 4.74 Å². The first-order chi connectivity index (χ1) is 29.1. The van der Waals surface area contributed by atoms with Crippen LogP contribution < -0.4 is 15.1 Å². The molecular weight excluding hydrogens is 761 g/mol. The zero-order chi connectivity index (χ0) is 41.9. The number of unbranched alkanes of at least 4 members (excludes halogenated alkanes) is 1. The van der Waals surface area contributed by atoms with E-state index in [-0.39, 0.29) is 42.8 Å². The van der Waals surface area contributed by atoms with Gasteiger partial charge in [0.2, 0.25) is 0 Å². The van der Waals surface area contributed by atoms with Crippen LogP contribution in [-0.4, -0.2) is 167 Å². The maximum Gasteiger partial charge on any atom is 0.409 e. The highest BCUT2D eigenvalue weighted by Crippen LogP contribution is 2.36. The fourth-order valence-electron chi connectivity index (χ4n) is 8.90. The van der Waals surface area contributed by atoms with Crippen LogP contribution in [0.4, 0.5) is 16.2 Å². The first-order valence-electron chi connectivity index (χ1n) is 21.5. The molecule has 4 aromatic rings. The molecule has 316 valence electrons. The Hall–Kier alpha value is -5.57. The van der Waals surface area contributed by atoms with E-state index in [1.807, 2.05) is 62.6 Å². The second-order valence-corrected chi connectivity index (χ2v) is 16.5. The van der Waals surface area contributed by atoms with Crippen LogP contribution in [0.15, 0.2) is 60.7 Å². The number of carbonyl (C=O) groups is 5. The third-order valence-electron chi connectivity index (χ3n) is 12.4. The Morgan fingerprint density at radius 3 is 1.60 bits per heavy atom. The molecule has 4 aliphatic rings. The van der Waals surface area contributed by atoms with Gasteiger partial charge in [-0.2, -0.15) is 0 Å². The van der Waals surface area contributed by atoms with Crippen molar-refractivity contribution in [2.75, 3.05) is 122 Å². The summed E-state index contributed by atoms with van der Waals surface area (Å²) in [5.41, 5.74) is 4.12. The lowest BCUT2D eigenvalue weighted by Crippen LogP contribution is -2.49. The van der Waals surface area contributed by atoms with Gasteiger partial charge in [0.15, 0.2) is 0 Å². The highest BCUT2D eigenvalue weighted by molar-refractivity contribution is 6.27. The number of anilines is 2. The minimum atomic E-state index is -0.294. The van der Waals surface area contributed by atoms with Crippen molar-refractivity contribution in [1.29, 1.82) is 0 Å². The highest BCUT2D eigenvalue weighted by atomic mass is 16.6. The maximum absolute atomic E-state index is 14.0. The molecule has 0 saturated carbocycles. The van der Waals surface area contributed by atoms with Crippen molar-refractivity contribution in [3.63, 3.8) is 0 Å². The summed E-state index contributed by atoms with van der Waals surface area (Å²) in [6.45, 7) is 11.4. The number of benzene rings is 4. The average molecular weight is 817 g/mol. The molecule has 2 fully saturated rings. The lowest BCUT2D eigenvalue weighted by atomic mass is 9.93. The Kier molecular flexibility index (Phi) is 12.3. The zero-order valence-electron chi connectivity index (χ0n) is 35.1. The van der Waals surface area contributed by atoms with E-state index >= 15 is 0 Å². The van der Waals surface area contributed by atoms with Crippen LogP contribution in [0.2, 0.25) is 0 Å². The Balaban J connectivity index is 0.834. The summed E-state index contributed by atoms with van der Waals surface area (Å²) in [6.07, 6.45) is 2.35. The minimum Gasteiger partial charge on any atom is -0.449 e. The van der Waals surface area contributed by atoms with E-state index in [4.69, 9.17) is 4.74 Å². The molecule has 14 nitrogen and oxygen atoms in total. The summed E-state index contributed by atoms with van der Waals surface area (Å²) < 4.78 is 5.41. The van der Waals surface area contributed by atoms with Crippen molar-refractivity contribution in [3.8, 4) is 0 Å². The molecule has 5 amide bonds. The van der Waals surface area contributed by atoms with E-state index < -0.39 is 0 Å². The first-order valence-corrected chi connectivity index (χ1v) is 21.5. The van der Waals surface area contributed by atoms with Crippen LogP contribution in [0.1, 0.15) is 67.6 Å². The predicted molar refractivity (Wildman–Crippen MR) is 233 cm³/mol. The maximum atomic E-state index is 14.0. The fourth-order valence-corrected chi connectivity index (χ4v) is 8.90. The molecule has 0 unspecified atom stereocenters. The first kappa shape index (κ1) is 41.2. The number of piperazine rings is 2. The lowest BCUT2D eigenvalue weighted by Gasteiger charge is -2.36. The zero-order valence-corrected chi connectivity index (χ0v) is 35.1. The van der Waals surface area contributed by atoms with Gasteiger partial charge in [0.1, 0.15) is 0 Å². The van der Waals surface area contributed by atoms with Crippen molar-refractivity contribution >= 4 is 62.6 Å². The monoisotopic (exact) mass is 816 g/mol.